The number of methoxy groups -OCH3 is 1. The van der Waals surface area contributed by atoms with Gasteiger partial charge in [0.1, 0.15) is 5.75 Å². The molecule has 0 atom stereocenters. The van der Waals surface area contributed by atoms with Gasteiger partial charge in [0.2, 0.25) is 14.2 Å². The van der Waals surface area contributed by atoms with Crippen LogP contribution in [0, 0.1) is 17.0 Å². The zero-order chi connectivity index (χ0) is 15.6. The fourth-order valence-corrected chi connectivity index (χ4v) is 4.20. The van der Waals surface area contributed by atoms with Crippen molar-refractivity contribution in [3.05, 3.63) is 45.0 Å². The van der Waals surface area contributed by atoms with E-state index in [2.05, 4.69) is 4.98 Å². The van der Waals surface area contributed by atoms with Gasteiger partial charge < -0.3 is 4.74 Å². The molecule has 2 aromatic rings. The first kappa shape index (κ1) is 15.4. The van der Waals surface area contributed by atoms with Crippen LogP contribution in [0.4, 0.5) is 5.69 Å². The lowest BCUT2D eigenvalue weighted by molar-refractivity contribution is -0.384. The third kappa shape index (κ3) is 3.37. The fourth-order valence-electron chi connectivity index (χ4n) is 1.73. The Bertz CT molecular complexity index is 783. The van der Waals surface area contributed by atoms with Gasteiger partial charge in [0.05, 0.1) is 17.8 Å². The van der Waals surface area contributed by atoms with Gasteiger partial charge in [-0.2, -0.15) is 0 Å². The van der Waals surface area contributed by atoms with E-state index in [1.165, 1.54) is 25.3 Å². The van der Waals surface area contributed by atoms with Gasteiger partial charge in [0, 0.05) is 28.8 Å². The number of hydrogen-bond acceptors (Lipinski definition) is 7. The van der Waals surface area contributed by atoms with Crippen LogP contribution in [0.5, 0.6) is 5.75 Å². The summed E-state index contributed by atoms with van der Waals surface area (Å²) in [7, 11) is -2.28. The summed E-state index contributed by atoms with van der Waals surface area (Å²) >= 11 is 1.03. The molecule has 0 amide bonds. The molecule has 21 heavy (non-hydrogen) atoms. The van der Waals surface area contributed by atoms with E-state index in [-0.39, 0.29) is 21.3 Å². The molecule has 0 aliphatic carbocycles. The molecular formula is C12H12N2O5S2. The van der Waals surface area contributed by atoms with Gasteiger partial charge in [-0.05, 0) is 13.0 Å². The second-order valence-corrected chi connectivity index (χ2v) is 7.29. The Kier molecular flexibility index (Phi) is 4.24. The van der Waals surface area contributed by atoms with E-state index in [1.807, 2.05) is 0 Å². The van der Waals surface area contributed by atoms with Crippen molar-refractivity contribution >= 4 is 26.9 Å². The minimum Gasteiger partial charge on any atom is -0.496 e. The molecule has 1 aromatic heterocycles. The summed E-state index contributed by atoms with van der Waals surface area (Å²) in [6.07, 6.45) is 0. The lowest BCUT2D eigenvalue weighted by Gasteiger charge is -2.07. The molecule has 7 nitrogen and oxygen atoms in total. The molecule has 0 saturated carbocycles. The zero-order valence-electron chi connectivity index (χ0n) is 11.3. The number of benzene rings is 1. The van der Waals surface area contributed by atoms with Crippen LogP contribution in [-0.2, 0) is 15.6 Å². The Balaban J connectivity index is 2.42. The number of rotatable bonds is 5. The Labute approximate surface area is 125 Å². The van der Waals surface area contributed by atoms with Crippen LogP contribution in [0.3, 0.4) is 0 Å². The van der Waals surface area contributed by atoms with Gasteiger partial charge in [-0.15, -0.1) is 11.3 Å². The van der Waals surface area contributed by atoms with Crippen molar-refractivity contribution in [3.63, 3.8) is 0 Å². The molecule has 0 aliphatic heterocycles. The molecule has 0 saturated heterocycles. The maximum atomic E-state index is 12.3. The van der Waals surface area contributed by atoms with Crippen LogP contribution >= 0.6 is 11.3 Å². The van der Waals surface area contributed by atoms with E-state index in [0.29, 0.717) is 5.69 Å². The third-order valence-corrected chi connectivity index (χ3v) is 5.80. The number of nitro groups is 1. The van der Waals surface area contributed by atoms with E-state index in [9.17, 15) is 18.5 Å². The normalized spacial score (nSPS) is 11.3. The largest absolute Gasteiger partial charge is 0.496 e. The summed E-state index contributed by atoms with van der Waals surface area (Å²) in [4.78, 5) is 14.2. The summed E-state index contributed by atoms with van der Waals surface area (Å²) in [6.45, 7) is 1.70. The highest BCUT2D eigenvalue weighted by Gasteiger charge is 2.22. The smallest absolute Gasteiger partial charge is 0.270 e. The number of non-ortho nitro benzene ring substituents is 1. The zero-order valence-corrected chi connectivity index (χ0v) is 12.9. The Morgan fingerprint density at radius 2 is 2.14 bits per heavy atom. The van der Waals surface area contributed by atoms with Crippen molar-refractivity contribution in [3.8, 4) is 5.75 Å². The van der Waals surface area contributed by atoms with Gasteiger partial charge in [-0.1, -0.05) is 0 Å². The molecule has 9 heteroatoms. The highest BCUT2D eigenvalue weighted by atomic mass is 32.2. The first-order valence-corrected chi connectivity index (χ1v) is 8.33. The second-order valence-electron chi connectivity index (χ2n) is 4.27. The van der Waals surface area contributed by atoms with Gasteiger partial charge in [0.15, 0.2) is 0 Å². The summed E-state index contributed by atoms with van der Waals surface area (Å²) < 4.78 is 29.6. The summed E-state index contributed by atoms with van der Waals surface area (Å²) in [6, 6.07) is 3.86. The van der Waals surface area contributed by atoms with Crippen molar-refractivity contribution in [2.45, 2.75) is 17.0 Å². The molecule has 1 heterocycles. The first-order chi connectivity index (χ1) is 9.83. The average molecular weight is 328 g/mol. The third-order valence-electron chi connectivity index (χ3n) is 2.68. The predicted molar refractivity (Wildman–Crippen MR) is 77.4 cm³/mol. The van der Waals surface area contributed by atoms with E-state index >= 15 is 0 Å². The molecule has 0 aliphatic rings. The number of ether oxygens (including phenoxy) is 1. The fraction of sp³-hybridized carbons (Fsp3) is 0.250. The minimum absolute atomic E-state index is 0.00596. The van der Waals surface area contributed by atoms with E-state index in [1.54, 1.807) is 12.3 Å². The number of aromatic nitrogens is 1. The molecule has 0 radical (unpaired) electrons. The minimum atomic E-state index is -3.66. The van der Waals surface area contributed by atoms with Crippen LogP contribution < -0.4 is 4.74 Å². The van der Waals surface area contributed by atoms with E-state index < -0.39 is 20.5 Å². The molecule has 0 fully saturated rings. The number of thiazole rings is 1. The van der Waals surface area contributed by atoms with Gasteiger partial charge >= 0.3 is 0 Å². The van der Waals surface area contributed by atoms with Gasteiger partial charge in [-0.25, -0.2) is 13.4 Å². The SMILES string of the molecule is COc1ccc([N+](=O)[O-])cc1CS(=O)(=O)c1nc(C)cs1. The first-order valence-electron chi connectivity index (χ1n) is 5.79. The Hall–Kier alpha value is -2.00. The van der Waals surface area contributed by atoms with Crippen LogP contribution in [0.2, 0.25) is 0 Å². The molecule has 0 spiro atoms. The second kappa shape index (κ2) is 5.78. The molecule has 2 rings (SSSR count). The maximum Gasteiger partial charge on any atom is 0.270 e. The topological polar surface area (TPSA) is 99.4 Å². The number of nitro benzene ring substituents is 1. The van der Waals surface area contributed by atoms with Crippen LogP contribution in [0.25, 0.3) is 0 Å². The molecule has 112 valence electrons. The molecule has 0 unspecified atom stereocenters. The Morgan fingerprint density at radius 1 is 1.43 bits per heavy atom. The molecule has 1 aromatic carbocycles. The van der Waals surface area contributed by atoms with Crippen molar-refractivity contribution in [1.82, 2.24) is 4.98 Å². The van der Waals surface area contributed by atoms with E-state index in [0.717, 1.165) is 11.3 Å². The van der Waals surface area contributed by atoms with Gasteiger partial charge in [-0.3, -0.25) is 10.1 Å². The van der Waals surface area contributed by atoms with Crippen molar-refractivity contribution < 1.29 is 18.1 Å². The molecule has 0 bridgehead atoms. The lowest BCUT2D eigenvalue weighted by Crippen LogP contribution is -2.06. The summed E-state index contributed by atoms with van der Waals surface area (Å²) in [5, 5.41) is 12.4. The van der Waals surface area contributed by atoms with Crippen molar-refractivity contribution in [1.29, 1.82) is 0 Å². The highest BCUT2D eigenvalue weighted by Crippen LogP contribution is 2.28. The van der Waals surface area contributed by atoms with Crippen LogP contribution in [0.1, 0.15) is 11.3 Å². The monoisotopic (exact) mass is 328 g/mol. The van der Waals surface area contributed by atoms with E-state index in [4.69, 9.17) is 4.74 Å². The lowest BCUT2D eigenvalue weighted by atomic mass is 10.2. The van der Waals surface area contributed by atoms with Gasteiger partial charge in [0.25, 0.3) is 5.69 Å². The molecular weight excluding hydrogens is 316 g/mol. The average Bonchev–Trinajstić information content (AvgIpc) is 2.85. The standard InChI is InChI=1S/C12H12N2O5S2/c1-8-6-20-12(13-8)21(17,18)7-9-5-10(14(15)16)3-4-11(9)19-2/h3-6H,7H2,1-2H3. The van der Waals surface area contributed by atoms with Crippen LogP contribution in [0.15, 0.2) is 27.9 Å². The number of aryl methyl sites for hydroxylation is 1. The van der Waals surface area contributed by atoms with Crippen molar-refractivity contribution in [2.75, 3.05) is 7.11 Å². The predicted octanol–water partition coefficient (Wildman–Crippen LogP) is 2.34. The summed E-state index contributed by atoms with van der Waals surface area (Å²) in [5.74, 6) is -0.109. The molecule has 0 N–H and O–H groups in total. The summed E-state index contributed by atoms with van der Waals surface area (Å²) in [5.41, 5.74) is 0.667. The number of nitrogens with zero attached hydrogens (tertiary/aromatic N) is 2. The number of hydrogen-bond donors (Lipinski definition) is 0. The Morgan fingerprint density at radius 3 is 2.67 bits per heavy atom. The quantitative estimate of drug-likeness (QED) is 0.617. The number of sulfone groups is 1. The van der Waals surface area contributed by atoms with Crippen LogP contribution in [-0.4, -0.2) is 25.4 Å². The highest BCUT2D eigenvalue weighted by molar-refractivity contribution is 7.92. The van der Waals surface area contributed by atoms with Crippen molar-refractivity contribution in [2.24, 2.45) is 0 Å². The maximum absolute atomic E-state index is 12.3.